The van der Waals surface area contributed by atoms with Gasteiger partial charge in [0.2, 0.25) is 0 Å². The molecule has 0 atom stereocenters. The van der Waals surface area contributed by atoms with E-state index >= 15 is 0 Å². The second-order valence-electron chi connectivity index (χ2n) is 3.81. The van der Waals surface area contributed by atoms with Crippen molar-refractivity contribution in [2.75, 3.05) is 0 Å². The largest absolute Gasteiger partial charge is 0.323 e. The summed E-state index contributed by atoms with van der Waals surface area (Å²) in [6.07, 6.45) is 5.80. The quantitative estimate of drug-likeness (QED) is 0.717. The standard InChI is InChI=1S/C14H9N3S.ClH/c15-9-11-2-1-3-13(8-11)17-6-4-12(10-17)14-16-5-7-18-14;/h1-8,10H;1H. The van der Waals surface area contributed by atoms with Crippen LogP contribution in [0.1, 0.15) is 5.56 Å². The Bertz CT molecular complexity index is 710. The van der Waals surface area contributed by atoms with Crippen molar-refractivity contribution < 1.29 is 0 Å². The van der Waals surface area contributed by atoms with Gasteiger partial charge in [-0.25, -0.2) is 4.98 Å². The van der Waals surface area contributed by atoms with Crippen LogP contribution in [-0.2, 0) is 0 Å². The van der Waals surface area contributed by atoms with E-state index in [1.807, 2.05) is 46.6 Å². The van der Waals surface area contributed by atoms with Crippen molar-refractivity contribution in [3.63, 3.8) is 0 Å². The third-order valence-electron chi connectivity index (χ3n) is 2.65. The maximum Gasteiger partial charge on any atom is 0.124 e. The molecule has 0 N–H and O–H groups in total. The first kappa shape index (κ1) is 13.3. The predicted molar refractivity (Wildman–Crippen MR) is 78.8 cm³/mol. The highest BCUT2D eigenvalue weighted by molar-refractivity contribution is 7.13. The lowest BCUT2D eigenvalue weighted by Crippen LogP contribution is -1.89. The molecule has 0 bridgehead atoms. The van der Waals surface area contributed by atoms with Crippen LogP contribution in [-0.4, -0.2) is 9.55 Å². The summed E-state index contributed by atoms with van der Waals surface area (Å²) in [5.74, 6) is 0. The van der Waals surface area contributed by atoms with Gasteiger partial charge < -0.3 is 4.57 Å². The number of hydrogen-bond acceptors (Lipinski definition) is 3. The van der Waals surface area contributed by atoms with E-state index in [2.05, 4.69) is 11.1 Å². The molecule has 0 radical (unpaired) electrons. The molecule has 5 heteroatoms. The molecule has 1 aromatic carbocycles. The lowest BCUT2D eigenvalue weighted by molar-refractivity contribution is 1.08. The highest BCUT2D eigenvalue weighted by Crippen LogP contribution is 2.23. The molecule has 0 unspecified atom stereocenters. The molecule has 3 aromatic rings. The van der Waals surface area contributed by atoms with Crippen LogP contribution >= 0.6 is 23.7 Å². The fourth-order valence-corrected chi connectivity index (χ4v) is 2.41. The SMILES string of the molecule is Cl.N#Cc1cccc(-n2ccc(-c3nccs3)c2)c1. The van der Waals surface area contributed by atoms with Crippen LogP contribution in [0.25, 0.3) is 16.3 Å². The number of halogens is 1. The zero-order chi connectivity index (χ0) is 12.4. The first-order chi connectivity index (χ1) is 8.86. The summed E-state index contributed by atoms with van der Waals surface area (Å²) in [5, 5.41) is 11.9. The third kappa shape index (κ3) is 2.68. The van der Waals surface area contributed by atoms with E-state index in [9.17, 15) is 0 Å². The number of nitriles is 1. The fraction of sp³-hybridized carbons (Fsp3) is 0. The third-order valence-corrected chi connectivity index (χ3v) is 3.47. The molecule has 3 rings (SSSR count). The van der Waals surface area contributed by atoms with E-state index in [1.54, 1.807) is 23.6 Å². The van der Waals surface area contributed by atoms with E-state index in [0.29, 0.717) is 5.56 Å². The van der Waals surface area contributed by atoms with Crippen LogP contribution in [0.15, 0.2) is 54.3 Å². The summed E-state index contributed by atoms with van der Waals surface area (Å²) < 4.78 is 2.00. The Labute approximate surface area is 121 Å². The van der Waals surface area contributed by atoms with Crippen molar-refractivity contribution >= 4 is 23.7 Å². The molecule has 0 fully saturated rings. The lowest BCUT2D eigenvalue weighted by atomic mass is 10.2. The van der Waals surface area contributed by atoms with Gasteiger partial charge in [0, 0.05) is 35.2 Å². The second kappa shape index (κ2) is 5.70. The molecule has 19 heavy (non-hydrogen) atoms. The van der Waals surface area contributed by atoms with Crippen molar-refractivity contribution in [2.45, 2.75) is 0 Å². The highest BCUT2D eigenvalue weighted by atomic mass is 35.5. The number of hydrogen-bond donors (Lipinski definition) is 0. The maximum atomic E-state index is 8.90. The molecule has 0 amide bonds. The average Bonchev–Trinajstić information content (AvgIpc) is 3.09. The molecule has 0 aliphatic carbocycles. The molecule has 3 nitrogen and oxygen atoms in total. The predicted octanol–water partition coefficient (Wildman–Crippen LogP) is 3.89. The molecule has 0 saturated heterocycles. The Kier molecular flexibility index (Phi) is 4.00. The van der Waals surface area contributed by atoms with Crippen molar-refractivity contribution in [3.05, 3.63) is 59.9 Å². The number of aromatic nitrogens is 2. The van der Waals surface area contributed by atoms with Gasteiger partial charge in [-0.2, -0.15) is 5.26 Å². The zero-order valence-corrected chi connectivity index (χ0v) is 11.5. The van der Waals surface area contributed by atoms with Gasteiger partial charge in [0.05, 0.1) is 11.6 Å². The van der Waals surface area contributed by atoms with Gasteiger partial charge in [-0.05, 0) is 24.3 Å². The van der Waals surface area contributed by atoms with E-state index in [0.717, 1.165) is 16.3 Å². The summed E-state index contributed by atoms with van der Waals surface area (Å²) in [5.41, 5.74) is 2.74. The molecule has 0 aliphatic rings. The smallest absolute Gasteiger partial charge is 0.124 e. The lowest BCUT2D eigenvalue weighted by Gasteiger charge is -2.02. The Morgan fingerprint density at radius 1 is 1.26 bits per heavy atom. The van der Waals surface area contributed by atoms with E-state index < -0.39 is 0 Å². The monoisotopic (exact) mass is 287 g/mol. The Morgan fingerprint density at radius 2 is 2.16 bits per heavy atom. The number of benzene rings is 1. The molecular formula is C14H10ClN3S. The van der Waals surface area contributed by atoms with Crippen molar-refractivity contribution in [1.82, 2.24) is 9.55 Å². The summed E-state index contributed by atoms with van der Waals surface area (Å²) in [4.78, 5) is 4.28. The average molecular weight is 288 g/mol. The number of thiazole rings is 1. The van der Waals surface area contributed by atoms with Crippen LogP contribution in [0.4, 0.5) is 0 Å². The zero-order valence-electron chi connectivity index (χ0n) is 9.85. The van der Waals surface area contributed by atoms with Gasteiger partial charge in [0.1, 0.15) is 5.01 Å². The minimum absolute atomic E-state index is 0. The van der Waals surface area contributed by atoms with Gasteiger partial charge in [-0.15, -0.1) is 23.7 Å². The Hall–Kier alpha value is -2.09. The minimum Gasteiger partial charge on any atom is -0.323 e. The van der Waals surface area contributed by atoms with E-state index in [1.165, 1.54) is 0 Å². The van der Waals surface area contributed by atoms with Crippen LogP contribution in [0.5, 0.6) is 0 Å². The molecular weight excluding hydrogens is 278 g/mol. The summed E-state index contributed by atoms with van der Waals surface area (Å²) >= 11 is 1.62. The first-order valence-corrected chi connectivity index (χ1v) is 6.33. The summed E-state index contributed by atoms with van der Waals surface area (Å²) in [6.45, 7) is 0. The molecule has 2 heterocycles. The van der Waals surface area contributed by atoms with Gasteiger partial charge in [-0.1, -0.05) is 6.07 Å². The van der Waals surface area contributed by atoms with Crippen molar-refractivity contribution in [1.29, 1.82) is 5.26 Å². The normalized spacial score (nSPS) is 9.63. The van der Waals surface area contributed by atoms with Gasteiger partial charge in [0.15, 0.2) is 0 Å². The van der Waals surface area contributed by atoms with Crippen LogP contribution in [0.2, 0.25) is 0 Å². The van der Waals surface area contributed by atoms with Gasteiger partial charge in [0.25, 0.3) is 0 Å². The number of nitrogens with zero attached hydrogens (tertiary/aromatic N) is 3. The van der Waals surface area contributed by atoms with Crippen LogP contribution in [0.3, 0.4) is 0 Å². The summed E-state index contributed by atoms with van der Waals surface area (Å²) in [7, 11) is 0. The van der Waals surface area contributed by atoms with Crippen molar-refractivity contribution in [2.24, 2.45) is 0 Å². The highest BCUT2D eigenvalue weighted by Gasteiger charge is 2.04. The van der Waals surface area contributed by atoms with E-state index in [-0.39, 0.29) is 12.4 Å². The summed E-state index contributed by atoms with van der Waals surface area (Å²) in [6, 6.07) is 11.7. The van der Waals surface area contributed by atoms with Crippen molar-refractivity contribution in [3.8, 4) is 22.3 Å². The Balaban J connectivity index is 0.00000133. The van der Waals surface area contributed by atoms with Crippen LogP contribution in [0, 0.1) is 11.3 Å². The topological polar surface area (TPSA) is 41.6 Å². The van der Waals surface area contributed by atoms with Gasteiger partial charge >= 0.3 is 0 Å². The van der Waals surface area contributed by atoms with E-state index in [4.69, 9.17) is 5.26 Å². The molecule has 0 aliphatic heterocycles. The van der Waals surface area contributed by atoms with Gasteiger partial charge in [-0.3, -0.25) is 0 Å². The molecule has 2 aromatic heterocycles. The molecule has 0 spiro atoms. The first-order valence-electron chi connectivity index (χ1n) is 5.45. The number of rotatable bonds is 2. The fourth-order valence-electron chi connectivity index (χ4n) is 1.79. The minimum atomic E-state index is 0. The molecule has 0 saturated carbocycles. The molecule has 94 valence electrons. The Morgan fingerprint density at radius 3 is 2.89 bits per heavy atom. The second-order valence-corrected chi connectivity index (χ2v) is 4.70. The maximum absolute atomic E-state index is 8.90. The van der Waals surface area contributed by atoms with Crippen LogP contribution < -0.4 is 0 Å².